The van der Waals surface area contributed by atoms with E-state index in [1.54, 1.807) is 0 Å². The Morgan fingerprint density at radius 1 is 1.50 bits per heavy atom. The number of carbonyl (C=O) groups is 3. The molecule has 0 aromatic heterocycles. The van der Waals surface area contributed by atoms with Gasteiger partial charge in [0.2, 0.25) is 12.3 Å². The fourth-order valence-corrected chi connectivity index (χ4v) is 2.43. The molecule has 1 rings (SSSR count). The molecule has 0 aliphatic rings. The number of halogens is 1. The molecule has 1 aromatic rings. The largest absolute Gasteiger partial charge is 0.480 e. The van der Waals surface area contributed by atoms with E-state index in [4.69, 9.17) is 10.8 Å². The van der Waals surface area contributed by atoms with Gasteiger partial charge in [0, 0.05) is 17.1 Å². The molecule has 4 N–H and O–H groups in total. The topological polar surface area (TPSA) is 109 Å². The first-order valence-corrected chi connectivity index (χ1v) is 6.69. The number of hydrogen-bond donors (Lipinski definition) is 3. The fraction of sp³-hybridized carbons (Fsp3) is 0.250. The average molecular weight is 300 g/mol. The highest BCUT2D eigenvalue weighted by Gasteiger charge is 2.16. The number of nitrogens with one attached hydrogen (secondary N) is 1. The summed E-state index contributed by atoms with van der Waals surface area (Å²) >= 11 is 1.12. The Bertz CT molecular complexity index is 524. The molecule has 6 nitrogen and oxygen atoms in total. The minimum absolute atomic E-state index is 0.0777. The van der Waals surface area contributed by atoms with E-state index in [0.717, 1.165) is 17.8 Å². The summed E-state index contributed by atoms with van der Waals surface area (Å²) in [7, 11) is 0. The number of thioether (sulfide) groups is 1. The quantitative estimate of drug-likeness (QED) is 0.600. The molecule has 1 unspecified atom stereocenters. The predicted molar refractivity (Wildman–Crippen MR) is 71.7 cm³/mol. The second-order valence-corrected chi connectivity index (χ2v) is 4.89. The third-order valence-electron chi connectivity index (χ3n) is 2.44. The average Bonchev–Trinajstić information content (AvgIpc) is 2.39. The third kappa shape index (κ3) is 4.54. The number of rotatable bonds is 8. The zero-order chi connectivity index (χ0) is 15.1. The summed E-state index contributed by atoms with van der Waals surface area (Å²) in [5.41, 5.74) is 5.53. The Morgan fingerprint density at radius 2 is 2.20 bits per heavy atom. The second-order valence-electron chi connectivity index (χ2n) is 3.86. The van der Waals surface area contributed by atoms with Crippen LogP contribution in [0.5, 0.6) is 0 Å². The number of hydrogen-bond acceptors (Lipinski definition) is 4. The molecule has 0 heterocycles. The van der Waals surface area contributed by atoms with Crippen molar-refractivity contribution in [3.8, 4) is 0 Å². The van der Waals surface area contributed by atoms with Crippen LogP contribution in [0.2, 0.25) is 0 Å². The minimum atomic E-state index is -1.17. The molecule has 20 heavy (non-hydrogen) atoms. The molecule has 0 bridgehead atoms. The number of aliphatic carboxylic acids is 1. The van der Waals surface area contributed by atoms with Crippen LogP contribution in [0.25, 0.3) is 0 Å². The summed E-state index contributed by atoms with van der Waals surface area (Å²) in [6, 6.07) is 2.70. The number of nitrogens with two attached hydrogens (primary N) is 1. The Morgan fingerprint density at radius 3 is 2.75 bits per heavy atom. The molecule has 8 heteroatoms. The molecule has 1 aromatic carbocycles. The van der Waals surface area contributed by atoms with Gasteiger partial charge in [-0.3, -0.25) is 9.59 Å². The highest BCUT2D eigenvalue weighted by Crippen LogP contribution is 2.18. The summed E-state index contributed by atoms with van der Waals surface area (Å²) in [5, 5.41) is 10.9. The summed E-state index contributed by atoms with van der Waals surface area (Å²) < 4.78 is 13.5. The number of amides is 2. The zero-order valence-electron chi connectivity index (χ0n) is 10.3. The first kappa shape index (κ1) is 16.0. The van der Waals surface area contributed by atoms with Gasteiger partial charge in [0.1, 0.15) is 11.9 Å². The highest BCUT2D eigenvalue weighted by atomic mass is 32.2. The van der Waals surface area contributed by atoms with Gasteiger partial charge in [0.25, 0.3) is 0 Å². The molecular formula is C12H13FN2O4S. The van der Waals surface area contributed by atoms with E-state index in [1.165, 1.54) is 12.1 Å². The number of carbonyl (C=O) groups excluding carboxylic acids is 2. The van der Waals surface area contributed by atoms with Crippen molar-refractivity contribution in [1.29, 1.82) is 0 Å². The lowest BCUT2D eigenvalue weighted by atomic mass is 10.1. The summed E-state index contributed by atoms with van der Waals surface area (Å²) in [5.74, 6) is -2.10. The Labute approximate surface area is 118 Å². The molecule has 0 spiro atoms. The number of primary amides is 1. The monoisotopic (exact) mass is 300 g/mol. The first-order chi connectivity index (χ1) is 9.45. The van der Waals surface area contributed by atoms with Crippen molar-refractivity contribution >= 4 is 30.0 Å². The van der Waals surface area contributed by atoms with Crippen LogP contribution in [0, 0.1) is 5.82 Å². The normalized spacial score (nSPS) is 11.7. The molecule has 0 saturated heterocycles. The lowest BCUT2D eigenvalue weighted by Gasteiger charge is -2.11. The number of carboxylic acid groups (broad SMARTS) is 1. The van der Waals surface area contributed by atoms with Gasteiger partial charge >= 0.3 is 5.97 Å². The predicted octanol–water partition coefficient (Wildman–Crippen LogP) is 0.357. The Kier molecular flexibility index (Phi) is 5.98. The van der Waals surface area contributed by atoms with Crippen LogP contribution in [0.4, 0.5) is 4.39 Å². The van der Waals surface area contributed by atoms with Gasteiger partial charge < -0.3 is 16.2 Å². The molecular weight excluding hydrogens is 287 g/mol. The van der Waals surface area contributed by atoms with E-state index in [9.17, 15) is 18.8 Å². The number of benzene rings is 1. The van der Waals surface area contributed by atoms with E-state index in [-0.39, 0.29) is 22.6 Å². The smallest absolute Gasteiger partial charge is 0.327 e. The zero-order valence-corrected chi connectivity index (χ0v) is 11.2. The first-order valence-electron chi connectivity index (χ1n) is 5.54. The van der Waals surface area contributed by atoms with Gasteiger partial charge in [-0.2, -0.15) is 11.8 Å². The maximum absolute atomic E-state index is 13.5. The van der Waals surface area contributed by atoms with Crippen LogP contribution in [0.3, 0.4) is 0 Å². The van der Waals surface area contributed by atoms with Crippen LogP contribution in [0.15, 0.2) is 18.2 Å². The summed E-state index contributed by atoms with van der Waals surface area (Å²) in [6.45, 7) is 0. The minimum Gasteiger partial charge on any atom is -0.480 e. The summed E-state index contributed by atoms with van der Waals surface area (Å²) in [4.78, 5) is 32.0. The van der Waals surface area contributed by atoms with Crippen molar-refractivity contribution in [2.45, 2.75) is 11.8 Å². The van der Waals surface area contributed by atoms with E-state index in [2.05, 4.69) is 5.32 Å². The standard InChI is InChI=1S/C12H13FN2O4S/c13-9-2-1-7(11(14)17)3-8(9)4-20-5-10(12(18)19)15-6-16/h1-3,6,10H,4-5H2,(H2,14,17)(H,15,16)(H,18,19). The van der Waals surface area contributed by atoms with Crippen LogP contribution < -0.4 is 11.1 Å². The van der Waals surface area contributed by atoms with E-state index >= 15 is 0 Å². The van der Waals surface area contributed by atoms with Crippen molar-refractivity contribution in [1.82, 2.24) is 5.32 Å². The fourth-order valence-electron chi connectivity index (χ4n) is 1.40. The molecule has 0 saturated carbocycles. The van der Waals surface area contributed by atoms with E-state index in [1.807, 2.05) is 0 Å². The van der Waals surface area contributed by atoms with E-state index < -0.39 is 23.7 Å². The van der Waals surface area contributed by atoms with E-state index in [0.29, 0.717) is 6.41 Å². The molecule has 0 fully saturated rings. The Balaban J connectivity index is 2.65. The van der Waals surface area contributed by atoms with Gasteiger partial charge in [0.05, 0.1) is 0 Å². The lowest BCUT2D eigenvalue weighted by Crippen LogP contribution is -2.37. The van der Waals surface area contributed by atoms with Gasteiger partial charge in [-0.1, -0.05) is 0 Å². The lowest BCUT2D eigenvalue weighted by molar-refractivity contribution is -0.139. The van der Waals surface area contributed by atoms with Gasteiger partial charge in [-0.05, 0) is 23.8 Å². The number of carboxylic acids is 1. The third-order valence-corrected chi connectivity index (χ3v) is 3.52. The second kappa shape index (κ2) is 7.49. The van der Waals surface area contributed by atoms with Crippen molar-refractivity contribution in [2.75, 3.05) is 5.75 Å². The van der Waals surface area contributed by atoms with Gasteiger partial charge in [-0.25, -0.2) is 9.18 Å². The van der Waals surface area contributed by atoms with Gasteiger partial charge in [0.15, 0.2) is 0 Å². The SMILES string of the molecule is NC(=O)c1ccc(F)c(CSCC(NC=O)C(=O)O)c1. The van der Waals surface area contributed by atoms with Crippen molar-refractivity contribution < 1.29 is 23.9 Å². The maximum atomic E-state index is 13.5. The molecule has 0 aliphatic heterocycles. The Hall–Kier alpha value is -2.09. The molecule has 0 aliphatic carbocycles. The molecule has 108 valence electrons. The maximum Gasteiger partial charge on any atom is 0.327 e. The molecule has 0 radical (unpaired) electrons. The van der Waals surface area contributed by atoms with Crippen LogP contribution in [-0.2, 0) is 15.3 Å². The van der Waals surface area contributed by atoms with Crippen molar-refractivity contribution in [2.24, 2.45) is 5.73 Å². The molecule has 1 atom stereocenters. The van der Waals surface area contributed by atoms with Crippen LogP contribution in [-0.4, -0.2) is 35.2 Å². The highest BCUT2D eigenvalue weighted by molar-refractivity contribution is 7.98. The van der Waals surface area contributed by atoms with Crippen molar-refractivity contribution in [3.63, 3.8) is 0 Å². The van der Waals surface area contributed by atoms with Gasteiger partial charge in [-0.15, -0.1) is 0 Å². The van der Waals surface area contributed by atoms with Crippen LogP contribution in [0.1, 0.15) is 15.9 Å². The summed E-state index contributed by atoms with van der Waals surface area (Å²) in [6.07, 6.45) is 0.299. The molecule has 2 amide bonds. The van der Waals surface area contributed by atoms with Crippen molar-refractivity contribution in [3.05, 3.63) is 35.1 Å². The van der Waals surface area contributed by atoms with Crippen LogP contribution >= 0.6 is 11.8 Å².